The first-order valence-corrected chi connectivity index (χ1v) is 6.87. The molecule has 1 amide bonds. The van der Waals surface area contributed by atoms with Gasteiger partial charge >= 0.3 is 0 Å². The number of amides is 1. The van der Waals surface area contributed by atoms with Gasteiger partial charge in [-0.15, -0.1) is 0 Å². The average molecular weight is 276 g/mol. The van der Waals surface area contributed by atoms with E-state index in [1.807, 2.05) is 6.07 Å². The SMILES string of the molecule is CN(CC1CC(c2cccc(F)c2)=NO1)C(=O)C1CC1. The van der Waals surface area contributed by atoms with Crippen LogP contribution in [-0.4, -0.2) is 36.2 Å². The summed E-state index contributed by atoms with van der Waals surface area (Å²) >= 11 is 0. The molecule has 5 heteroatoms. The quantitative estimate of drug-likeness (QED) is 0.846. The third-order valence-corrected chi connectivity index (χ3v) is 3.67. The summed E-state index contributed by atoms with van der Waals surface area (Å²) < 4.78 is 13.2. The second-order valence-electron chi connectivity index (χ2n) is 5.47. The molecule has 106 valence electrons. The van der Waals surface area contributed by atoms with Gasteiger partial charge in [0.05, 0.1) is 12.3 Å². The molecule has 1 unspecified atom stereocenters. The Morgan fingerprint density at radius 1 is 1.50 bits per heavy atom. The van der Waals surface area contributed by atoms with Gasteiger partial charge < -0.3 is 9.74 Å². The highest BCUT2D eigenvalue weighted by atomic mass is 19.1. The summed E-state index contributed by atoms with van der Waals surface area (Å²) in [6.45, 7) is 0.525. The van der Waals surface area contributed by atoms with Crippen molar-refractivity contribution >= 4 is 11.6 Å². The lowest BCUT2D eigenvalue weighted by molar-refractivity contribution is -0.132. The van der Waals surface area contributed by atoms with E-state index in [0.717, 1.165) is 24.1 Å². The highest BCUT2D eigenvalue weighted by molar-refractivity contribution is 6.01. The van der Waals surface area contributed by atoms with E-state index in [2.05, 4.69) is 5.16 Å². The maximum Gasteiger partial charge on any atom is 0.225 e. The van der Waals surface area contributed by atoms with Crippen LogP contribution in [0, 0.1) is 11.7 Å². The highest BCUT2D eigenvalue weighted by Crippen LogP contribution is 2.31. The standard InChI is InChI=1S/C15H17FN2O2/c1-18(15(19)10-5-6-10)9-13-8-14(17-20-13)11-3-2-4-12(16)7-11/h2-4,7,10,13H,5-6,8-9H2,1H3. The summed E-state index contributed by atoms with van der Waals surface area (Å²) in [5.41, 5.74) is 1.48. The third kappa shape index (κ3) is 2.81. The van der Waals surface area contributed by atoms with Crippen LogP contribution in [0.5, 0.6) is 0 Å². The Bertz CT molecular complexity index is 555. The van der Waals surface area contributed by atoms with E-state index in [1.165, 1.54) is 12.1 Å². The van der Waals surface area contributed by atoms with E-state index in [0.29, 0.717) is 13.0 Å². The summed E-state index contributed by atoms with van der Waals surface area (Å²) in [5, 5.41) is 4.01. The molecule has 1 aromatic rings. The highest BCUT2D eigenvalue weighted by Gasteiger charge is 2.34. The molecule has 3 rings (SSSR count). The van der Waals surface area contributed by atoms with Crippen LogP contribution < -0.4 is 0 Å². The molecular formula is C15H17FN2O2. The Hall–Kier alpha value is -1.91. The smallest absolute Gasteiger partial charge is 0.225 e. The summed E-state index contributed by atoms with van der Waals surface area (Å²) in [6.07, 6.45) is 2.46. The number of carbonyl (C=O) groups is 1. The second-order valence-corrected chi connectivity index (χ2v) is 5.47. The average Bonchev–Trinajstić information content (AvgIpc) is 3.18. The molecule has 0 bridgehead atoms. The van der Waals surface area contributed by atoms with Gasteiger partial charge in [0.1, 0.15) is 5.82 Å². The van der Waals surface area contributed by atoms with Crippen molar-refractivity contribution in [2.75, 3.05) is 13.6 Å². The number of hydrogen-bond donors (Lipinski definition) is 0. The van der Waals surface area contributed by atoms with Crippen LogP contribution in [0.3, 0.4) is 0 Å². The first-order chi connectivity index (χ1) is 9.63. The molecule has 20 heavy (non-hydrogen) atoms. The van der Waals surface area contributed by atoms with Crippen molar-refractivity contribution in [1.82, 2.24) is 4.90 Å². The molecule has 1 heterocycles. The van der Waals surface area contributed by atoms with Gasteiger partial charge in [-0.25, -0.2) is 4.39 Å². The number of benzene rings is 1. The maximum atomic E-state index is 13.2. The minimum atomic E-state index is -0.283. The van der Waals surface area contributed by atoms with Crippen LogP contribution in [-0.2, 0) is 9.63 Å². The third-order valence-electron chi connectivity index (χ3n) is 3.67. The monoisotopic (exact) mass is 276 g/mol. The molecule has 0 radical (unpaired) electrons. The van der Waals surface area contributed by atoms with Crippen molar-refractivity contribution in [3.63, 3.8) is 0 Å². The zero-order valence-corrected chi connectivity index (χ0v) is 11.4. The number of carbonyl (C=O) groups excluding carboxylic acids is 1. The van der Waals surface area contributed by atoms with Crippen LogP contribution in [0.1, 0.15) is 24.8 Å². The lowest BCUT2D eigenvalue weighted by Gasteiger charge is -2.19. The van der Waals surface area contributed by atoms with Gasteiger partial charge in [-0.1, -0.05) is 17.3 Å². The first kappa shape index (κ1) is 13.1. The Morgan fingerprint density at radius 3 is 3.00 bits per heavy atom. The minimum Gasteiger partial charge on any atom is -0.390 e. The fraction of sp³-hybridized carbons (Fsp3) is 0.467. The van der Waals surface area contributed by atoms with Crippen molar-refractivity contribution < 1.29 is 14.0 Å². The number of hydrogen-bond acceptors (Lipinski definition) is 3. The van der Waals surface area contributed by atoms with Crippen LogP contribution in [0.2, 0.25) is 0 Å². The van der Waals surface area contributed by atoms with E-state index in [4.69, 9.17) is 4.84 Å². The number of likely N-dealkylation sites (N-methyl/N-ethyl adjacent to an activating group) is 1. The van der Waals surface area contributed by atoms with Crippen molar-refractivity contribution in [3.05, 3.63) is 35.6 Å². The summed E-state index contributed by atoms with van der Waals surface area (Å²) in [4.78, 5) is 18.9. The van der Waals surface area contributed by atoms with Gasteiger partial charge in [0.2, 0.25) is 5.91 Å². The van der Waals surface area contributed by atoms with Gasteiger partial charge in [-0.05, 0) is 25.0 Å². The number of rotatable bonds is 4. The molecule has 0 N–H and O–H groups in total. The van der Waals surface area contributed by atoms with Crippen molar-refractivity contribution in [2.45, 2.75) is 25.4 Å². The van der Waals surface area contributed by atoms with Gasteiger partial charge in [0, 0.05) is 24.9 Å². The van der Waals surface area contributed by atoms with E-state index in [9.17, 15) is 9.18 Å². The van der Waals surface area contributed by atoms with Crippen LogP contribution in [0.25, 0.3) is 0 Å². The first-order valence-electron chi connectivity index (χ1n) is 6.87. The molecule has 1 saturated carbocycles. The number of halogens is 1. The molecule has 1 aromatic carbocycles. The minimum absolute atomic E-state index is 0.138. The zero-order chi connectivity index (χ0) is 14.1. The number of nitrogens with zero attached hydrogens (tertiary/aromatic N) is 2. The molecule has 0 aromatic heterocycles. The lowest BCUT2D eigenvalue weighted by Crippen LogP contribution is -2.35. The summed E-state index contributed by atoms with van der Waals surface area (Å²) in [6, 6.07) is 6.32. The van der Waals surface area contributed by atoms with E-state index in [1.54, 1.807) is 18.0 Å². The zero-order valence-electron chi connectivity index (χ0n) is 11.4. The Kier molecular flexibility index (Phi) is 3.42. The second kappa shape index (κ2) is 5.23. The molecule has 1 atom stereocenters. The predicted molar refractivity (Wildman–Crippen MR) is 72.8 cm³/mol. The van der Waals surface area contributed by atoms with Gasteiger partial charge in [0.25, 0.3) is 0 Å². The van der Waals surface area contributed by atoms with Gasteiger partial charge in [-0.2, -0.15) is 0 Å². The van der Waals surface area contributed by atoms with Crippen LogP contribution in [0.4, 0.5) is 4.39 Å². The molecule has 1 fully saturated rings. The molecule has 1 aliphatic heterocycles. The predicted octanol–water partition coefficient (Wildman–Crippen LogP) is 2.19. The molecule has 1 aliphatic carbocycles. The normalized spacial score (nSPS) is 21.3. The van der Waals surface area contributed by atoms with Crippen LogP contribution >= 0.6 is 0 Å². The molecule has 4 nitrogen and oxygen atoms in total. The van der Waals surface area contributed by atoms with E-state index < -0.39 is 0 Å². The Labute approximate surface area is 117 Å². The van der Waals surface area contributed by atoms with Gasteiger partial charge in [0.15, 0.2) is 6.10 Å². The lowest BCUT2D eigenvalue weighted by atomic mass is 10.0. The van der Waals surface area contributed by atoms with E-state index in [-0.39, 0.29) is 23.7 Å². The Balaban J connectivity index is 1.57. The summed E-state index contributed by atoms with van der Waals surface area (Å²) in [5.74, 6) is 0.118. The topological polar surface area (TPSA) is 41.9 Å². The van der Waals surface area contributed by atoms with Crippen molar-refractivity contribution in [1.29, 1.82) is 0 Å². The van der Waals surface area contributed by atoms with Gasteiger partial charge in [-0.3, -0.25) is 4.79 Å². The fourth-order valence-corrected chi connectivity index (χ4v) is 2.40. The molecule has 0 spiro atoms. The largest absolute Gasteiger partial charge is 0.390 e. The molecular weight excluding hydrogens is 259 g/mol. The Morgan fingerprint density at radius 2 is 2.30 bits per heavy atom. The fourth-order valence-electron chi connectivity index (χ4n) is 2.40. The molecule has 2 aliphatic rings. The van der Waals surface area contributed by atoms with E-state index >= 15 is 0 Å². The molecule has 0 saturated heterocycles. The number of oxime groups is 1. The maximum absolute atomic E-state index is 13.2. The van der Waals surface area contributed by atoms with Crippen molar-refractivity contribution in [3.8, 4) is 0 Å². The summed E-state index contributed by atoms with van der Waals surface area (Å²) in [7, 11) is 1.80. The van der Waals surface area contributed by atoms with Crippen molar-refractivity contribution in [2.24, 2.45) is 11.1 Å². The van der Waals surface area contributed by atoms with Crippen LogP contribution in [0.15, 0.2) is 29.4 Å².